The first-order valence-corrected chi connectivity index (χ1v) is 9.85. The molecule has 0 unspecified atom stereocenters. The van der Waals surface area contributed by atoms with Gasteiger partial charge in [-0.25, -0.2) is 9.97 Å². The van der Waals surface area contributed by atoms with Crippen LogP contribution in [0.2, 0.25) is 5.02 Å². The molecule has 0 aliphatic carbocycles. The second-order valence-electron chi connectivity index (χ2n) is 6.58. The number of rotatable bonds is 7. The molecule has 4 aromatic rings. The van der Waals surface area contributed by atoms with E-state index in [2.05, 4.69) is 10.9 Å². The van der Waals surface area contributed by atoms with Crippen molar-refractivity contribution in [3.8, 4) is 28.5 Å². The highest BCUT2D eigenvalue weighted by molar-refractivity contribution is 6.31. The van der Waals surface area contributed by atoms with E-state index in [4.69, 9.17) is 35.8 Å². The van der Waals surface area contributed by atoms with Crippen LogP contribution in [0.25, 0.3) is 22.3 Å². The van der Waals surface area contributed by atoms with Gasteiger partial charge in [-0.3, -0.25) is 10.9 Å². The Hall–Kier alpha value is -3.71. The molecular weight excluding hydrogens is 416 g/mol. The maximum Gasteiger partial charge on any atom is 0.203 e. The quantitative estimate of drug-likeness (QED) is 0.375. The van der Waals surface area contributed by atoms with Crippen molar-refractivity contribution in [2.45, 2.75) is 0 Å². The predicted molar refractivity (Wildman–Crippen MR) is 123 cm³/mol. The topological polar surface area (TPSA) is 77.5 Å². The molecule has 0 radical (unpaired) electrons. The van der Waals surface area contributed by atoms with Gasteiger partial charge < -0.3 is 14.2 Å². The van der Waals surface area contributed by atoms with Gasteiger partial charge in [-0.15, -0.1) is 0 Å². The monoisotopic (exact) mass is 436 g/mol. The first-order valence-electron chi connectivity index (χ1n) is 9.47. The van der Waals surface area contributed by atoms with Crippen molar-refractivity contribution < 1.29 is 14.2 Å². The standard InChI is InChI=1S/C23H21ClN4O3/c1-29-19-12-16(13-20(30-2)22(19)31-3)27-28-23-21(14-7-5-4-6-8-14)25-17-10-9-15(24)11-18(17)26-23/h4-13,27H,1-3H3,(H,26,28). The molecule has 4 rings (SSSR count). The molecule has 8 heteroatoms. The summed E-state index contributed by atoms with van der Waals surface area (Å²) in [5, 5.41) is 0.595. The smallest absolute Gasteiger partial charge is 0.203 e. The third-order valence-corrected chi connectivity index (χ3v) is 4.90. The number of methoxy groups -OCH3 is 3. The highest BCUT2D eigenvalue weighted by Gasteiger charge is 2.15. The Kier molecular flexibility index (Phi) is 5.95. The van der Waals surface area contributed by atoms with Gasteiger partial charge in [0.05, 0.1) is 38.1 Å². The second kappa shape index (κ2) is 8.97. The number of aromatic nitrogens is 2. The third kappa shape index (κ3) is 4.27. The minimum absolute atomic E-state index is 0.515. The van der Waals surface area contributed by atoms with Crippen LogP contribution in [0.15, 0.2) is 60.7 Å². The van der Waals surface area contributed by atoms with Crippen LogP contribution in [0.4, 0.5) is 11.5 Å². The summed E-state index contributed by atoms with van der Waals surface area (Å²) < 4.78 is 16.2. The summed E-state index contributed by atoms with van der Waals surface area (Å²) >= 11 is 6.15. The molecule has 0 aliphatic heterocycles. The van der Waals surface area contributed by atoms with Gasteiger partial charge in [0.1, 0.15) is 5.69 Å². The average molecular weight is 437 g/mol. The number of nitrogens with zero attached hydrogens (tertiary/aromatic N) is 2. The van der Waals surface area contributed by atoms with Crippen molar-refractivity contribution in [1.29, 1.82) is 0 Å². The van der Waals surface area contributed by atoms with Gasteiger partial charge in [0.15, 0.2) is 17.3 Å². The number of hydrogen-bond acceptors (Lipinski definition) is 7. The zero-order valence-electron chi connectivity index (χ0n) is 17.3. The van der Waals surface area contributed by atoms with Crippen LogP contribution in [0.3, 0.4) is 0 Å². The number of hydrogen-bond donors (Lipinski definition) is 2. The lowest BCUT2D eigenvalue weighted by Crippen LogP contribution is -2.12. The van der Waals surface area contributed by atoms with E-state index in [1.54, 1.807) is 45.6 Å². The fraction of sp³-hybridized carbons (Fsp3) is 0.130. The lowest BCUT2D eigenvalue weighted by Gasteiger charge is -2.17. The number of hydrazine groups is 1. The van der Waals surface area contributed by atoms with Gasteiger partial charge in [-0.2, -0.15) is 0 Å². The molecule has 0 bridgehead atoms. The minimum Gasteiger partial charge on any atom is -0.493 e. The molecule has 0 fully saturated rings. The first kappa shape index (κ1) is 20.6. The fourth-order valence-electron chi connectivity index (χ4n) is 3.20. The molecule has 158 valence electrons. The fourth-order valence-corrected chi connectivity index (χ4v) is 3.36. The van der Waals surface area contributed by atoms with Crippen molar-refractivity contribution >= 4 is 34.1 Å². The zero-order valence-corrected chi connectivity index (χ0v) is 18.0. The number of halogens is 1. The maximum absolute atomic E-state index is 6.15. The van der Waals surface area contributed by atoms with E-state index in [0.717, 1.165) is 11.1 Å². The highest BCUT2D eigenvalue weighted by atomic mass is 35.5. The van der Waals surface area contributed by atoms with Gasteiger partial charge in [-0.1, -0.05) is 41.9 Å². The van der Waals surface area contributed by atoms with Gasteiger partial charge in [-0.05, 0) is 18.2 Å². The van der Waals surface area contributed by atoms with Crippen molar-refractivity contribution in [3.63, 3.8) is 0 Å². The molecule has 7 nitrogen and oxygen atoms in total. The second-order valence-corrected chi connectivity index (χ2v) is 7.02. The van der Waals surface area contributed by atoms with E-state index in [1.807, 2.05) is 36.4 Å². The van der Waals surface area contributed by atoms with E-state index in [1.165, 1.54) is 0 Å². The van der Waals surface area contributed by atoms with Gasteiger partial charge >= 0.3 is 0 Å². The number of ether oxygens (including phenoxy) is 3. The Morgan fingerprint density at radius 1 is 0.742 bits per heavy atom. The maximum atomic E-state index is 6.15. The van der Waals surface area contributed by atoms with Gasteiger partial charge in [0.25, 0.3) is 0 Å². The number of nitrogens with one attached hydrogen (secondary N) is 2. The molecule has 31 heavy (non-hydrogen) atoms. The highest BCUT2D eigenvalue weighted by Crippen LogP contribution is 2.40. The summed E-state index contributed by atoms with van der Waals surface area (Å²) in [6.07, 6.45) is 0. The SMILES string of the molecule is COc1cc(NNc2nc3cc(Cl)ccc3nc2-c2ccccc2)cc(OC)c1OC. The Morgan fingerprint density at radius 2 is 1.45 bits per heavy atom. The number of anilines is 2. The Morgan fingerprint density at radius 3 is 2.10 bits per heavy atom. The van der Waals surface area contributed by atoms with E-state index in [9.17, 15) is 0 Å². The molecule has 0 saturated carbocycles. The summed E-state index contributed by atoms with van der Waals surface area (Å²) in [6, 6.07) is 18.9. The predicted octanol–water partition coefficient (Wildman–Crippen LogP) is 5.42. The van der Waals surface area contributed by atoms with E-state index >= 15 is 0 Å². The normalized spacial score (nSPS) is 10.6. The van der Waals surface area contributed by atoms with Crippen LogP contribution in [0.5, 0.6) is 17.2 Å². The largest absolute Gasteiger partial charge is 0.493 e. The molecule has 0 aliphatic rings. The number of fused-ring (bicyclic) bond motifs is 1. The summed E-state index contributed by atoms with van der Waals surface area (Å²) in [7, 11) is 4.70. The van der Waals surface area contributed by atoms with E-state index in [-0.39, 0.29) is 0 Å². The van der Waals surface area contributed by atoms with E-state index in [0.29, 0.717) is 45.0 Å². The molecule has 1 heterocycles. The molecule has 0 atom stereocenters. The Labute approximate surface area is 184 Å². The lowest BCUT2D eigenvalue weighted by atomic mass is 10.1. The summed E-state index contributed by atoms with van der Waals surface area (Å²) in [5.41, 5.74) is 10.1. The lowest BCUT2D eigenvalue weighted by molar-refractivity contribution is 0.324. The summed E-state index contributed by atoms with van der Waals surface area (Å²) in [5.74, 6) is 2.13. The molecular formula is C23H21ClN4O3. The third-order valence-electron chi connectivity index (χ3n) is 4.66. The molecule has 0 spiro atoms. The molecule has 1 aromatic heterocycles. The zero-order chi connectivity index (χ0) is 21.8. The molecule has 3 aromatic carbocycles. The Bertz CT molecular complexity index is 1190. The molecule has 0 saturated heterocycles. The van der Waals surface area contributed by atoms with Crippen LogP contribution in [-0.4, -0.2) is 31.3 Å². The van der Waals surface area contributed by atoms with Crippen molar-refractivity contribution in [2.24, 2.45) is 0 Å². The summed E-state index contributed by atoms with van der Waals surface area (Å²) in [4.78, 5) is 9.54. The van der Waals surface area contributed by atoms with Crippen LogP contribution < -0.4 is 25.1 Å². The summed E-state index contributed by atoms with van der Waals surface area (Å²) in [6.45, 7) is 0. The van der Waals surface area contributed by atoms with Crippen molar-refractivity contribution in [3.05, 3.63) is 65.7 Å². The van der Waals surface area contributed by atoms with E-state index < -0.39 is 0 Å². The van der Waals surface area contributed by atoms with Crippen LogP contribution in [-0.2, 0) is 0 Å². The first-order chi connectivity index (χ1) is 15.1. The Balaban J connectivity index is 1.74. The van der Waals surface area contributed by atoms with Crippen LogP contribution in [0, 0.1) is 0 Å². The average Bonchev–Trinajstić information content (AvgIpc) is 2.81. The van der Waals surface area contributed by atoms with Crippen molar-refractivity contribution in [1.82, 2.24) is 9.97 Å². The van der Waals surface area contributed by atoms with Gasteiger partial charge in [0, 0.05) is 22.7 Å². The molecule has 0 amide bonds. The van der Waals surface area contributed by atoms with Crippen molar-refractivity contribution in [2.75, 3.05) is 32.2 Å². The van der Waals surface area contributed by atoms with Gasteiger partial charge in [0.2, 0.25) is 5.75 Å². The van der Waals surface area contributed by atoms with Crippen LogP contribution >= 0.6 is 11.6 Å². The minimum atomic E-state index is 0.515. The van der Waals surface area contributed by atoms with Crippen LogP contribution in [0.1, 0.15) is 0 Å². The molecule has 2 N–H and O–H groups in total. The number of benzene rings is 3.